The van der Waals surface area contributed by atoms with E-state index in [4.69, 9.17) is 0 Å². The number of amides is 2. The smallest absolute Gasteiger partial charge is 0.246 e. The maximum atomic E-state index is 11.4. The van der Waals surface area contributed by atoms with E-state index in [1.165, 1.54) is 0 Å². The van der Waals surface area contributed by atoms with Gasteiger partial charge < -0.3 is 10.2 Å². The topological polar surface area (TPSA) is 87.2 Å². The van der Waals surface area contributed by atoms with Crippen molar-refractivity contribution in [3.63, 3.8) is 0 Å². The Morgan fingerprint density at radius 3 is 2.68 bits per heavy atom. The third-order valence-electron chi connectivity index (χ3n) is 2.73. The molecule has 2 N–H and O–H groups in total. The summed E-state index contributed by atoms with van der Waals surface area (Å²) in [6.45, 7) is 4.96. The molecule has 0 unspecified atom stereocenters. The number of nitrogens with one attached hydrogen (secondary N) is 2. The number of nitrogens with zero attached hydrogens (tertiary/aromatic N) is 3. The lowest BCUT2D eigenvalue weighted by Gasteiger charge is -2.27. The van der Waals surface area contributed by atoms with Crippen LogP contribution < -0.4 is 15.5 Å². The number of carbonyl (C=O) groups is 2. The van der Waals surface area contributed by atoms with E-state index in [1.54, 1.807) is 11.1 Å². The Hall–Kier alpha value is -2.18. The van der Waals surface area contributed by atoms with Gasteiger partial charge in [0.05, 0.1) is 13.1 Å². The normalized spacial score (nSPS) is 15.4. The minimum atomic E-state index is -0.308. The number of hydrogen-bond acceptors (Lipinski definition) is 6. The van der Waals surface area contributed by atoms with Crippen molar-refractivity contribution in [2.45, 2.75) is 20.3 Å². The summed E-state index contributed by atoms with van der Waals surface area (Å²) in [7, 11) is 0. The predicted molar refractivity (Wildman–Crippen MR) is 70.9 cm³/mol. The number of aromatic nitrogens is 2. The predicted octanol–water partition coefficient (Wildman–Crippen LogP) is 0.0697. The van der Waals surface area contributed by atoms with Gasteiger partial charge in [0.25, 0.3) is 0 Å². The van der Waals surface area contributed by atoms with Crippen LogP contribution in [0.5, 0.6) is 0 Å². The van der Waals surface area contributed by atoms with Crippen molar-refractivity contribution >= 4 is 23.6 Å². The van der Waals surface area contributed by atoms with Gasteiger partial charge in [-0.05, 0) is 13.3 Å². The number of aryl methyl sites for hydroxylation is 1. The zero-order chi connectivity index (χ0) is 13.8. The van der Waals surface area contributed by atoms with Crippen molar-refractivity contribution in [2.24, 2.45) is 0 Å². The SMILES string of the molecule is CCCNc1ncc(C)c(N2CC(=O)NC(=O)C2)n1. The van der Waals surface area contributed by atoms with Gasteiger partial charge in [-0.3, -0.25) is 14.9 Å². The fraction of sp³-hybridized carbons (Fsp3) is 0.500. The molecule has 0 bridgehead atoms. The van der Waals surface area contributed by atoms with Crippen LogP contribution in [0.2, 0.25) is 0 Å². The summed E-state index contributed by atoms with van der Waals surface area (Å²) in [5, 5.41) is 5.36. The summed E-state index contributed by atoms with van der Waals surface area (Å²) >= 11 is 0. The van der Waals surface area contributed by atoms with Crippen molar-refractivity contribution in [3.8, 4) is 0 Å². The Kier molecular flexibility index (Phi) is 3.94. The van der Waals surface area contributed by atoms with Gasteiger partial charge in [0.1, 0.15) is 5.82 Å². The average molecular weight is 263 g/mol. The van der Waals surface area contributed by atoms with Gasteiger partial charge in [0.2, 0.25) is 17.8 Å². The lowest BCUT2D eigenvalue weighted by Crippen LogP contribution is -2.52. The number of piperazine rings is 1. The summed E-state index contributed by atoms with van der Waals surface area (Å²) in [6.07, 6.45) is 2.66. The third kappa shape index (κ3) is 3.18. The Morgan fingerprint density at radius 2 is 2.05 bits per heavy atom. The first-order valence-corrected chi connectivity index (χ1v) is 6.25. The molecular formula is C12H17N5O2. The minimum absolute atomic E-state index is 0.136. The van der Waals surface area contributed by atoms with Gasteiger partial charge >= 0.3 is 0 Å². The molecule has 2 rings (SSSR count). The van der Waals surface area contributed by atoms with Crippen molar-refractivity contribution in [2.75, 3.05) is 29.9 Å². The molecule has 0 spiro atoms. The molecule has 0 radical (unpaired) electrons. The largest absolute Gasteiger partial charge is 0.354 e. The summed E-state index contributed by atoms with van der Waals surface area (Å²) in [5.74, 6) is 0.521. The van der Waals surface area contributed by atoms with Crippen LogP contribution >= 0.6 is 0 Å². The molecule has 0 aliphatic carbocycles. The van der Waals surface area contributed by atoms with E-state index in [0.717, 1.165) is 18.5 Å². The van der Waals surface area contributed by atoms with Crippen LogP contribution in [-0.4, -0.2) is 41.4 Å². The van der Waals surface area contributed by atoms with Gasteiger partial charge in [-0.25, -0.2) is 4.98 Å². The van der Waals surface area contributed by atoms with Crippen LogP contribution in [-0.2, 0) is 9.59 Å². The van der Waals surface area contributed by atoms with E-state index in [1.807, 2.05) is 6.92 Å². The average Bonchev–Trinajstić information content (AvgIpc) is 2.36. The molecule has 2 heterocycles. The molecule has 0 atom stereocenters. The van der Waals surface area contributed by atoms with Crippen molar-refractivity contribution < 1.29 is 9.59 Å². The molecular weight excluding hydrogens is 246 g/mol. The fourth-order valence-electron chi connectivity index (χ4n) is 1.86. The molecule has 0 saturated carbocycles. The van der Waals surface area contributed by atoms with Crippen LogP contribution in [0.15, 0.2) is 6.20 Å². The molecule has 1 fully saturated rings. The van der Waals surface area contributed by atoms with E-state index in [0.29, 0.717) is 11.8 Å². The minimum Gasteiger partial charge on any atom is -0.354 e. The summed E-state index contributed by atoms with van der Waals surface area (Å²) in [4.78, 5) is 33.0. The number of imide groups is 1. The first kappa shape index (κ1) is 13.3. The fourth-order valence-corrected chi connectivity index (χ4v) is 1.86. The third-order valence-corrected chi connectivity index (χ3v) is 2.73. The molecule has 1 aromatic rings. The highest BCUT2D eigenvalue weighted by Crippen LogP contribution is 2.18. The molecule has 7 heteroatoms. The van der Waals surface area contributed by atoms with E-state index < -0.39 is 0 Å². The van der Waals surface area contributed by atoms with Gasteiger partial charge in [-0.1, -0.05) is 6.92 Å². The Labute approximate surface area is 111 Å². The maximum absolute atomic E-state index is 11.4. The van der Waals surface area contributed by atoms with Crippen molar-refractivity contribution in [1.82, 2.24) is 15.3 Å². The summed E-state index contributed by atoms with van der Waals surface area (Å²) < 4.78 is 0. The van der Waals surface area contributed by atoms with Gasteiger partial charge in [-0.2, -0.15) is 4.98 Å². The molecule has 102 valence electrons. The van der Waals surface area contributed by atoms with Crippen LogP contribution in [0.1, 0.15) is 18.9 Å². The number of hydrogen-bond donors (Lipinski definition) is 2. The molecule has 1 aliphatic heterocycles. The zero-order valence-electron chi connectivity index (χ0n) is 11.1. The van der Waals surface area contributed by atoms with E-state index in [2.05, 4.69) is 27.5 Å². The number of anilines is 2. The van der Waals surface area contributed by atoms with Gasteiger partial charge in [0.15, 0.2) is 0 Å². The second-order valence-corrected chi connectivity index (χ2v) is 4.45. The Bertz CT molecular complexity index is 487. The van der Waals surface area contributed by atoms with Gasteiger partial charge in [0, 0.05) is 18.3 Å². The number of carbonyl (C=O) groups excluding carboxylic acids is 2. The highest BCUT2D eigenvalue weighted by atomic mass is 16.2. The molecule has 1 saturated heterocycles. The summed E-state index contributed by atoms with van der Waals surface area (Å²) in [5.41, 5.74) is 0.838. The van der Waals surface area contributed by atoms with Crippen LogP contribution in [0.3, 0.4) is 0 Å². The van der Waals surface area contributed by atoms with E-state index in [-0.39, 0.29) is 24.9 Å². The van der Waals surface area contributed by atoms with Crippen molar-refractivity contribution in [1.29, 1.82) is 0 Å². The zero-order valence-corrected chi connectivity index (χ0v) is 11.1. The first-order chi connectivity index (χ1) is 9.10. The lowest BCUT2D eigenvalue weighted by atomic mass is 10.2. The standard InChI is InChI=1S/C12H17N5O2/c1-3-4-13-12-14-5-8(2)11(16-12)17-6-9(18)15-10(19)7-17/h5H,3-4,6-7H2,1-2H3,(H,13,14,16)(H,15,18,19). The van der Waals surface area contributed by atoms with Crippen molar-refractivity contribution in [3.05, 3.63) is 11.8 Å². The quantitative estimate of drug-likeness (QED) is 0.747. The van der Waals surface area contributed by atoms with Crippen LogP contribution in [0, 0.1) is 6.92 Å². The molecule has 2 amide bonds. The lowest BCUT2D eigenvalue weighted by molar-refractivity contribution is -0.130. The van der Waals surface area contributed by atoms with Crippen LogP contribution in [0.25, 0.3) is 0 Å². The van der Waals surface area contributed by atoms with E-state index in [9.17, 15) is 9.59 Å². The van der Waals surface area contributed by atoms with E-state index >= 15 is 0 Å². The summed E-state index contributed by atoms with van der Waals surface area (Å²) in [6, 6.07) is 0. The highest BCUT2D eigenvalue weighted by Gasteiger charge is 2.24. The maximum Gasteiger partial charge on any atom is 0.246 e. The Balaban J connectivity index is 2.22. The highest BCUT2D eigenvalue weighted by molar-refractivity contribution is 6.02. The number of rotatable bonds is 4. The second kappa shape index (κ2) is 5.64. The monoisotopic (exact) mass is 263 g/mol. The Morgan fingerprint density at radius 1 is 1.37 bits per heavy atom. The van der Waals surface area contributed by atoms with Gasteiger partial charge in [-0.15, -0.1) is 0 Å². The molecule has 0 aromatic carbocycles. The molecule has 7 nitrogen and oxygen atoms in total. The first-order valence-electron chi connectivity index (χ1n) is 6.25. The second-order valence-electron chi connectivity index (χ2n) is 4.45. The van der Waals surface area contributed by atoms with Crippen LogP contribution in [0.4, 0.5) is 11.8 Å². The molecule has 1 aromatic heterocycles. The molecule has 19 heavy (non-hydrogen) atoms. The molecule has 1 aliphatic rings.